The molecule has 1 amide bonds. The van der Waals surface area contributed by atoms with Gasteiger partial charge in [-0.15, -0.1) is 11.8 Å². The summed E-state index contributed by atoms with van der Waals surface area (Å²) in [6.07, 6.45) is 0. The molecular weight excluding hydrogens is 450 g/mol. The minimum Gasteiger partial charge on any atom is -0.282 e. The summed E-state index contributed by atoms with van der Waals surface area (Å²) in [6, 6.07) is 11.4. The number of rotatable bonds is 7. The number of fused-ring (bicyclic) bond motifs is 1. The Labute approximate surface area is 193 Å². The third-order valence-electron chi connectivity index (χ3n) is 4.91. The van der Waals surface area contributed by atoms with Crippen molar-refractivity contribution in [1.82, 2.24) is 14.8 Å². The van der Waals surface area contributed by atoms with E-state index in [0.717, 1.165) is 39.4 Å². The van der Waals surface area contributed by atoms with Crippen molar-refractivity contribution in [3.05, 3.63) is 71.1 Å². The van der Waals surface area contributed by atoms with E-state index < -0.39 is 11.6 Å². The van der Waals surface area contributed by atoms with Crippen LogP contribution in [-0.2, 0) is 6.54 Å². The van der Waals surface area contributed by atoms with Gasteiger partial charge in [-0.05, 0) is 49.9 Å². The van der Waals surface area contributed by atoms with Crippen LogP contribution in [0.4, 0.5) is 13.9 Å². The second-order valence-electron chi connectivity index (χ2n) is 7.30. The van der Waals surface area contributed by atoms with E-state index in [4.69, 9.17) is 0 Å². The molecule has 0 N–H and O–H groups in total. The molecule has 32 heavy (non-hydrogen) atoms. The maximum absolute atomic E-state index is 14.3. The van der Waals surface area contributed by atoms with Gasteiger partial charge in [0.25, 0.3) is 5.91 Å². The number of hydrogen-bond donors (Lipinski definition) is 0. The molecule has 0 aliphatic heterocycles. The number of aromatic nitrogens is 3. The first kappa shape index (κ1) is 22.4. The Morgan fingerprint density at radius 3 is 2.72 bits per heavy atom. The maximum Gasteiger partial charge on any atom is 0.260 e. The summed E-state index contributed by atoms with van der Waals surface area (Å²) < 4.78 is 30.2. The Balaban J connectivity index is 1.72. The first-order valence-electron chi connectivity index (χ1n) is 10.2. The monoisotopic (exact) mass is 472 g/mol. The standard InChI is InChI=1S/C23H22F2N4OS2/c1-4-31-18-7-5-6-16(11-18)22(30)28(8-9-29-15(3)10-14(2)27-29)23-26-21-19(25)12-17(24)13-20(21)32-23/h5-7,10-13H,4,8-9H2,1-3H3. The van der Waals surface area contributed by atoms with Crippen LogP contribution in [0.25, 0.3) is 10.2 Å². The average molecular weight is 473 g/mol. The highest BCUT2D eigenvalue weighted by molar-refractivity contribution is 7.99. The van der Waals surface area contributed by atoms with Crippen molar-refractivity contribution in [1.29, 1.82) is 0 Å². The lowest BCUT2D eigenvalue weighted by Gasteiger charge is -2.20. The number of thioether (sulfide) groups is 1. The molecule has 4 aromatic rings. The number of anilines is 1. The molecule has 2 aromatic heterocycles. The second-order valence-corrected chi connectivity index (χ2v) is 9.65. The van der Waals surface area contributed by atoms with E-state index in [2.05, 4.69) is 17.0 Å². The van der Waals surface area contributed by atoms with Gasteiger partial charge in [0.1, 0.15) is 11.3 Å². The van der Waals surface area contributed by atoms with Gasteiger partial charge in [0, 0.05) is 28.8 Å². The highest BCUT2D eigenvalue weighted by Gasteiger charge is 2.23. The maximum atomic E-state index is 14.3. The van der Waals surface area contributed by atoms with Crippen LogP contribution in [0.2, 0.25) is 0 Å². The fourth-order valence-electron chi connectivity index (χ4n) is 3.48. The number of halogens is 2. The molecule has 0 spiro atoms. The minimum absolute atomic E-state index is 0.0607. The van der Waals surface area contributed by atoms with Crippen molar-refractivity contribution in [3.63, 3.8) is 0 Å². The number of nitrogens with zero attached hydrogens (tertiary/aromatic N) is 4. The van der Waals surface area contributed by atoms with E-state index in [1.165, 1.54) is 11.0 Å². The molecule has 4 rings (SSSR count). The molecule has 0 radical (unpaired) electrons. The van der Waals surface area contributed by atoms with Crippen LogP contribution in [0.1, 0.15) is 28.7 Å². The van der Waals surface area contributed by atoms with Crippen molar-refractivity contribution in [3.8, 4) is 0 Å². The summed E-state index contributed by atoms with van der Waals surface area (Å²) in [6.45, 7) is 6.65. The van der Waals surface area contributed by atoms with Crippen molar-refractivity contribution >= 4 is 44.4 Å². The summed E-state index contributed by atoms with van der Waals surface area (Å²) in [5.74, 6) is -0.767. The van der Waals surface area contributed by atoms with E-state index in [9.17, 15) is 13.6 Å². The number of hydrogen-bond acceptors (Lipinski definition) is 5. The number of carbonyl (C=O) groups excluding carboxylic acids is 1. The molecule has 0 unspecified atom stereocenters. The van der Waals surface area contributed by atoms with Gasteiger partial charge in [0.15, 0.2) is 10.9 Å². The smallest absolute Gasteiger partial charge is 0.260 e. The zero-order valence-corrected chi connectivity index (χ0v) is 19.6. The van der Waals surface area contributed by atoms with Crippen LogP contribution in [0.5, 0.6) is 0 Å². The molecule has 166 valence electrons. The molecule has 5 nitrogen and oxygen atoms in total. The molecular formula is C23H22F2N4OS2. The largest absolute Gasteiger partial charge is 0.282 e. The summed E-state index contributed by atoms with van der Waals surface area (Å²) in [5, 5.41) is 4.79. The van der Waals surface area contributed by atoms with E-state index in [0.29, 0.717) is 21.9 Å². The number of thiazole rings is 1. The van der Waals surface area contributed by atoms with Gasteiger partial charge in [-0.25, -0.2) is 13.8 Å². The van der Waals surface area contributed by atoms with E-state index in [1.807, 2.05) is 42.8 Å². The minimum atomic E-state index is -0.741. The lowest BCUT2D eigenvalue weighted by Crippen LogP contribution is -2.34. The predicted molar refractivity (Wildman–Crippen MR) is 126 cm³/mol. The molecule has 0 saturated heterocycles. The third kappa shape index (κ3) is 4.68. The zero-order valence-electron chi connectivity index (χ0n) is 17.9. The number of carbonyl (C=O) groups is 1. The van der Waals surface area contributed by atoms with Gasteiger partial charge in [0.05, 0.1) is 16.9 Å². The van der Waals surface area contributed by atoms with Crippen molar-refractivity contribution < 1.29 is 13.6 Å². The van der Waals surface area contributed by atoms with Gasteiger partial charge >= 0.3 is 0 Å². The molecule has 0 fully saturated rings. The van der Waals surface area contributed by atoms with E-state index in [1.54, 1.807) is 17.8 Å². The molecule has 2 heterocycles. The number of benzene rings is 2. The summed E-state index contributed by atoms with van der Waals surface area (Å²) in [5.41, 5.74) is 2.45. The first-order chi connectivity index (χ1) is 15.4. The summed E-state index contributed by atoms with van der Waals surface area (Å²) in [4.78, 5) is 20.4. The average Bonchev–Trinajstić information content (AvgIpc) is 3.31. The van der Waals surface area contributed by atoms with Crippen LogP contribution in [0, 0.1) is 25.5 Å². The Morgan fingerprint density at radius 1 is 1.19 bits per heavy atom. The number of amides is 1. The zero-order chi connectivity index (χ0) is 22.8. The molecule has 2 aromatic carbocycles. The summed E-state index contributed by atoms with van der Waals surface area (Å²) in [7, 11) is 0. The Hall–Kier alpha value is -2.78. The van der Waals surface area contributed by atoms with Gasteiger partial charge in [0.2, 0.25) is 0 Å². The van der Waals surface area contributed by atoms with Crippen LogP contribution in [0.15, 0.2) is 47.4 Å². The van der Waals surface area contributed by atoms with E-state index >= 15 is 0 Å². The van der Waals surface area contributed by atoms with Gasteiger partial charge < -0.3 is 0 Å². The Bertz CT molecular complexity index is 1280. The van der Waals surface area contributed by atoms with Crippen LogP contribution < -0.4 is 4.90 Å². The Morgan fingerprint density at radius 2 is 2.00 bits per heavy atom. The van der Waals surface area contributed by atoms with Crippen LogP contribution >= 0.6 is 23.1 Å². The fraction of sp³-hybridized carbons (Fsp3) is 0.261. The number of aryl methyl sites for hydroxylation is 2. The molecule has 0 aliphatic rings. The van der Waals surface area contributed by atoms with Gasteiger partial charge in [-0.3, -0.25) is 14.4 Å². The van der Waals surface area contributed by atoms with Crippen molar-refractivity contribution in [2.45, 2.75) is 32.2 Å². The summed E-state index contributed by atoms with van der Waals surface area (Å²) >= 11 is 2.74. The fourth-order valence-corrected chi connectivity index (χ4v) is 5.23. The SMILES string of the molecule is CCSc1cccc(C(=O)N(CCn2nc(C)cc2C)c2nc3c(F)cc(F)cc3s2)c1. The quantitative estimate of drug-likeness (QED) is 0.317. The lowest BCUT2D eigenvalue weighted by molar-refractivity contribution is 0.0985. The van der Waals surface area contributed by atoms with E-state index in [-0.39, 0.29) is 18.0 Å². The van der Waals surface area contributed by atoms with Gasteiger partial charge in [-0.1, -0.05) is 24.3 Å². The normalized spacial score (nSPS) is 11.3. The third-order valence-corrected chi connectivity index (χ3v) is 6.81. The highest BCUT2D eigenvalue weighted by Crippen LogP contribution is 2.32. The molecule has 0 bridgehead atoms. The molecule has 0 aliphatic carbocycles. The second kappa shape index (κ2) is 9.38. The van der Waals surface area contributed by atoms with Gasteiger partial charge in [-0.2, -0.15) is 5.10 Å². The van der Waals surface area contributed by atoms with Crippen LogP contribution in [-0.4, -0.2) is 33.0 Å². The molecule has 0 saturated carbocycles. The highest BCUT2D eigenvalue weighted by atomic mass is 32.2. The predicted octanol–water partition coefficient (Wildman–Crippen LogP) is 5.85. The van der Waals surface area contributed by atoms with Crippen molar-refractivity contribution in [2.24, 2.45) is 0 Å². The molecule has 9 heteroatoms. The molecule has 0 atom stereocenters. The Kier molecular flexibility index (Phi) is 6.57. The van der Waals surface area contributed by atoms with Crippen molar-refractivity contribution in [2.75, 3.05) is 17.2 Å². The lowest BCUT2D eigenvalue weighted by atomic mass is 10.2. The topological polar surface area (TPSA) is 51.0 Å². The van der Waals surface area contributed by atoms with Crippen LogP contribution in [0.3, 0.4) is 0 Å². The first-order valence-corrected chi connectivity index (χ1v) is 12.0.